The summed E-state index contributed by atoms with van der Waals surface area (Å²) < 4.78 is 5.18. The van der Waals surface area contributed by atoms with Gasteiger partial charge in [-0.05, 0) is 12.1 Å². The maximum atomic E-state index is 10.2. The minimum atomic E-state index is -1.04. The van der Waals surface area contributed by atoms with Crippen LogP contribution in [-0.2, 0) is 0 Å². The molecule has 0 aliphatic carbocycles. The van der Waals surface area contributed by atoms with E-state index >= 15 is 0 Å². The standard InChI is InChI=1S/C12H17N3O3/c1-18-10-6-4-5-9(13)11(10)14-7-2-3-8-15-12(16)17/h2-6,14-15H,7-8,13H2,1H3,(H,16,17). The highest BCUT2D eigenvalue weighted by atomic mass is 16.5. The number of methoxy groups -OCH3 is 1. The second kappa shape index (κ2) is 7.05. The summed E-state index contributed by atoms with van der Waals surface area (Å²) in [5.74, 6) is 0.673. The number of benzene rings is 1. The summed E-state index contributed by atoms with van der Waals surface area (Å²) in [6.45, 7) is 0.810. The number of nitrogen functional groups attached to an aromatic ring is 1. The van der Waals surface area contributed by atoms with Crippen LogP contribution in [0, 0.1) is 0 Å². The van der Waals surface area contributed by atoms with Crippen molar-refractivity contribution in [3.8, 4) is 5.75 Å². The lowest BCUT2D eigenvalue weighted by Gasteiger charge is -2.11. The van der Waals surface area contributed by atoms with E-state index in [2.05, 4.69) is 10.6 Å². The van der Waals surface area contributed by atoms with E-state index in [1.807, 2.05) is 18.2 Å². The fourth-order valence-electron chi connectivity index (χ4n) is 1.38. The topological polar surface area (TPSA) is 96.6 Å². The van der Waals surface area contributed by atoms with Crippen molar-refractivity contribution in [2.45, 2.75) is 0 Å². The Bertz CT molecular complexity index is 433. The molecule has 0 spiro atoms. The number of carboxylic acid groups (broad SMARTS) is 1. The number of nitrogens with two attached hydrogens (primary N) is 1. The molecule has 0 aliphatic heterocycles. The molecule has 1 rings (SSSR count). The molecular formula is C12H17N3O3. The maximum absolute atomic E-state index is 10.2. The molecule has 0 unspecified atom stereocenters. The van der Waals surface area contributed by atoms with Crippen LogP contribution in [0.4, 0.5) is 16.2 Å². The molecular weight excluding hydrogens is 234 g/mol. The number of para-hydroxylation sites is 1. The summed E-state index contributed by atoms with van der Waals surface area (Å²) >= 11 is 0. The van der Waals surface area contributed by atoms with Gasteiger partial charge in [0.15, 0.2) is 0 Å². The SMILES string of the molecule is COc1cccc(N)c1NCC=CCNC(=O)O. The van der Waals surface area contributed by atoms with Gasteiger partial charge in [0.1, 0.15) is 11.4 Å². The zero-order valence-electron chi connectivity index (χ0n) is 10.1. The second-order valence-corrected chi connectivity index (χ2v) is 3.46. The molecule has 6 heteroatoms. The minimum absolute atomic E-state index is 0.276. The summed E-state index contributed by atoms with van der Waals surface area (Å²) in [5.41, 5.74) is 7.16. The molecule has 6 nitrogen and oxygen atoms in total. The normalized spacial score (nSPS) is 10.3. The number of carbonyl (C=O) groups is 1. The lowest BCUT2D eigenvalue weighted by molar-refractivity contribution is 0.195. The molecule has 1 aromatic rings. The van der Waals surface area contributed by atoms with Crippen LogP contribution < -0.4 is 21.1 Å². The Labute approximate surface area is 105 Å². The fraction of sp³-hybridized carbons (Fsp3) is 0.250. The number of amides is 1. The van der Waals surface area contributed by atoms with E-state index in [9.17, 15) is 4.79 Å². The van der Waals surface area contributed by atoms with Crippen molar-refractivity contribution in [3.05, 3.63) is 30.4 Å². The summed E-state index contributed by atoms with van der Waals surface area (Å²) in [5, 5.41) is 13.7. The predicted octanol–water partition coefficient (Wildman–Crippen LogP) is 1.51. The number of hydrogen-bond donors (Lipinski definition) is 4. The molecule has 98 valence electrons. The van der Waals surface area contributed by atoms with Gasteiger partial charge < -0.3 is 26.2 Å². The molecule has 0 radical (unpaired) electrons. The van der Waals surface area contributed by atoms with Crippen LogP contribution in [0.2, 0.25) is 0 Å². The number of anilines is 2. The van der Waals surface area contributed by atoms with Gasteiger partial charge in [0, 0.05) is 13.1 Å². The van der Waals surface area contributed by atoms with Crippen molar-refractivity contribution in [1.29, 1.82) is 0 Å². The van der Waals surface area contributed by atoms with Crippen LogP contribution in [0.5, 0.6) is 5.75 Å². The van der Waals surface area contributed by atoms with E-state index in [1.165, 1.54) is 0 Å². The first-order valence-electron chi connectivity index (χ1n) is 5.43. The Morgan fingerprint density at radius 3 is 2.83 bits per heavy atom. The first kappa shape index (κ1) is 13.7. The van der Waals surface area contributed by atoms with E-state index in [4.69, 9.17) is 15.6 Å². The van der Waals surface area contributed by atoms with E-state index in [-0.39, 0.29) is 6.54 Å². The van der Waals surface area contributed by atoms with Crippen LogP contribution in [-0.4, -0.2) is 31.4 Å². The fourth-order valence-corrected chi connectivity index (χ4v) is 1.38. The van der Waals surface area contributed by atoms with E-state index in [0.717, 1.165) is 5.69 Å². The smallest absolute Gasteiger partial charge is 0.404 e. The Kier molecular flexibility index (Phi) is 5.37. The van der Waals surface area contributed by atoms with Crippen LogP contribution in [0.3, 0.4) is 0 Å². The molecule has 0 saturated heterocycles. The quantitative estimate of drug-likeness (QED) is 0.454. The summed E-state index contributed by atoms with van der Waals surface area (Å²) in [6, 6.07) is 5.40. The Hall–Kier alpha value is -2.37. The zero-order chi connectivity index (χ0) is 13.4. The summed E-state index contributed by atoms with van der Waals surface area (Å²) in [6.07, 6.45) is 2.48. The molecule has 1 amide bonds. The Morgan fingerprint density at radius 1 is 1.44 bits per heavy atom. The highest BCUT2D eigenvalue weighted by molar-refractivity contribution is 5.73. The van der Waals surface area contributed by atoms with Crippen molar-refractivity contribution in [2.75, 3.05) is 31.2 Å². The van der Waals surface area contributed by atoms with Gasteiger partial charge in [0.2, 0.25) is 0 Å². The summed E-state index contributed by atoms with van der Waals surface area (Å²) in [7, 11) is 1.58. The Morgan fingerprint density at radius 2 is 2.17 bits per heavy atom. The summed E-state index contributed by atoms with van der Waals surface area (Å²) in [4.78, 5) is 10.2. The minimum Gasteiger partial charge on any atom is -0.495 e. The van der Waals surface area contributed by atoms with Gasteiger partial charge in [0.25, 0.3) is 0 Å². The molecule has 0 aromatic heterocycles. The van der Waals surface area contributed by atoms with Gasteiger partial charge in [-0.2, -0.15) is 0 Å². The highest BCUT2D eigenvalue weighted by Crippen LogP contribution is 2.29. The van der Waals surface area contributed by atoms with E-state index in [1.54, 1.807) is 19.3 Å². The van der Waals surface area contributed by atoms with Crippen LogP contribution in [0.1, 0.15) is 0 Å². The third kappa shape index (κ3) is 4.25. The molecule has 0 saturated carbocycles. The maximum Gasteiger partial charge on any atom is 0.404 e. The van der Waals surface area contributed by atoms with Crippen LogP contribution in [0.25, 0.3) is 0 Å². The number of rotatable bonds is 6. The van der Waals surface area contributed by atoms with Gasteiger partial charge in [-0.1, -0.05) is 18.2 Å². The van der Waals surface area contributed by atoms with Crippen LogP contribution in [0.15, 0.2) is 30.4 Å². The average Bonchev–Trinajstić information content (AvgIpc) is 2.34. The molecule has 0 bridgehead atoms. The van der Waals surface area contributed by atoms with Gasteiger partial charge in [-0.15, -0.1) is 0 Å². The number of nitrogens with one attached hydrogen (secondary N) is 2. The second-order valence-electron chi connectivity index (χ2n) is 3.46. The van der Waals surface area contributed by atoms with Gasteiger partial charge in [-0.3, -0.25) is 0 Å². The monoisotopic (exact) mass is 251 g/mol. The van der Waals surface area contributed by atoms with Crippen LogP contribution >= 0.6 is 0 Å². The van der Waals surface area contributed by atoms with Crippen molar-refractivity contribution in [1.82, 2.24) is 5.32 Å². The predicted molar refractivity (Wildman–Crippen MR) is 71.1 cm³/mol. The number of ether oxygens (including phenoxy) is 1. The molecule has 0 atom stereocenters. The molecule has 5 N–H and O–H groups in total. The van der Waals surface area contributed by atoms with Gasteiger partial charge in [-0.25, -0.2) is 4.79 Å². The molecule has 0 aliphatic rings. The van der Waals surface area contributed by atoms with Gasteiger partial charge in [0.05, 0.1) is 12.8 Å². The third-order valence-electron chi connectivity index (χ3n) is 2.21. The van der Waals surface area contributed by atoms with Crippen molar-refractivity contribution in [3.63, 3.8) is 0 Å². The number of hydrogen-bond acceptors (Lipinski definition) is 4. The lowest BCUT2D eigenvalue weighted by atomic mass is 10.2. The molecule has 18 heavy (non-hydrogen) atoms. The molecule has 0 fully saturated rings. The highest BCUT2D eigenvalue weighted by Gasteiger charge is 2.04. The van der Waals surface area contributed by atoms with Crippen molar-refractivity contribution >= 4 is 17.5 Å². The van der Waals surface area contributed by atoms with E-state index < -0.39 is 6.09 Å². The van der Waals surface area contributed by atoms with Gasteiger partial charge >= 0.3 is 6.09 Å². The first-order valence-corrected chi connectivity index (χ1v) is 5.43. The molecule has 1 aromatic carbocycles. The average molecular weight is 251 g/mol. The largest absolute Gasteiger partial charge is 0.495 e. The zero-order valence-corrected chi connectivity index (χ0v) is 10.1. The Balaban J connectivity index is 2.46. The molecule has 0 heterocycles. The van der Waals surface area contributed by atoms with E-state index in [0.29, 0.717) is 18.0 Å². The first-order chi connectivity index (χ1) is 8.65. The van der Waals surface area contributed by atoms with Crippen molar-refractivity contribution in [2.24, 2.45) is 0 Å². The third-order valence-corrected chi connectivity index (χ3v) is 2.21. The van der Waals surface area contributed by atoms with Crippen molar-refractivity contribution < 1.29 is 14.6 Å². The lowest BCUT2D eigenvalue weighted by Crippen LogP contribution is -2.20.